The van der Waals surface area contributed by atoms with Crippen molar-refractivity contribution < 1.29 is 32.7 Å². The van der Waals surface area contributed by atoms with Crippen LogP contribution in [0.5, 0.6) is 11.5 Å². The first kappa shape index (κ1) is 34.2. The molecule has 1 spiro atoms. The third kappa shape index (κ3) is 8.61. The van der Waals surface area contributed by atoms with Crippen LogP contribution in [0.3, 0.4) is 0 Å². The monoisotopic (exact) mass is 647 g/mol. The molecule has 0 atom stereocenters. The van der Waals surface area contributed by atoms with Crippen molar-refractivity contribution in [1.82, 2.24) is 10.2 Å². The standard InChI is InChI=1S/C37H47FN4O5/c1-6-45-32-23-27(24-33(46-7-2)34(32)28-9-13-30(38)14-10-28)25-40-20-17-37(18-21-40)26-41(36(44)47-37)31-15-11-29(12-16-31)35(43)39-19-8-22-42(3,4)5/h9-16,23-24H,6-8,17-22,25-26H2,1-5H3/p+1. The number of hydrogen-bond donors (Lipinski definition) is 1. The average molecular weight is 648 g/mol. The van der Waals surface area contributed by atoms with Crippen molar-refractivity contribution >= 4 is 17.7 Å². The molecule has 2 heterocycles. The largest absolute Gasteiger partial charge is 0.493 e. The number of carbonyl (C=O) groups excluding carboxylic acids is 2. The molecule has 2 aliphatic heterocycles. The Balaban J connectivity index is 1.20. The first-order valence-electron chi connectivity index (χ1n) is 16.6. The van der Waals surface area contributed by atoms with E-state index in [0.29, 0.717) is 62.8 Å². The number of piperidine rings is 1. The quantitative estimate of drug-likeness (QED) is 0.178. The van der Waals surface area contributed by atoms with Crippen molar-refractivity contribution in [3.05, 3.63) is 77.6 Å². The Morgan fingerprint density at radius 2 is 1.57 bits per heavy atom. The molecule has 1 N–H and O–H groups in total. The number of likely N-dealkylation sites (tertiary alicyclic amines) is 1. The molecule has 0 radical (unpaired) electrons. The van der Waals surface area contributed by atoms with Gasteiger partial charge in [-0.2, -0.15) is 0 Å². The fourth-order valence-electron chi connectivity index (χ4n) is 6.28. The SMILES string of the molecule is CCOc1cc(CN2CCC3(CC2)CN(c2ccc(C(=O)NCCC[N+](C)(C)C)cc2)C(=O)O3)cc(OCC)c1-c1ccc(F)cc1. The van der Waals surface area contributed by atoms with E-state index in [9.17, 15) is 14.0 Å². The molecule has 2 aliphatic rings. The van der Waals surface area contributed by atoms with E-state index in [2.05, 4.69) is 31.4 Å². The second-order valence-electron chi connectivity index (χ2n) is 13.4. The molecular formula is C37H48FN4O5+. The van der Waals surface area contributed by atoms with Gasteiger partial charge in [0.05, 0.1) is 53.0 Å². The van der Waals surface area contributed by atoms with E-state index >= 15 is 0 Å². The molecule has 3 aromatic rings. The second-order valence-corrected chi connectivity index (χ2v) is 13.4. The van der Waals surface area contributed by atoms with Gasteiger partial charge in [0.15, 0.2) is 0 Å². The highest BCUT2D eigenvalue weighted by Gasteiger charge is 2.47. The van der Waals surface area contributed by atoms with Gasteiger partial charge in [0.2, 0.25) is 0 Å². The Kier molecular flexibility index (Phi) is 10.7. The molecule has 47 heavy (non-hydrogen) atoms. The van der Waals surface area contributed by atoms with Crippen molar-refractivity contribution in [2.75, 3.05) is 72.0 Å². The predicted molar refractivity (Wildman–Crippen MR) is 182 cm³/mol. The summed E-state index contributed by atoms with van der Waals surface area (Å²) < 4.78 is 32.6. The number of halogens is 1. The maximum Gasteiger partial charge on any atom is 0.415 e. The van der Waals surface area contributed by atoms with Crippen LogP contribution < -0.4 is 19.7 Å². The van der Waals surface area contributed by atoms with Gasteiger partial charge < -0.3 is 24.0 Å². The summed E-state index contributed by atoms with van der Waals surface area (Å²) in [4.78, 5) is 29.7. The highest BCUT2D eigenvalue weighted by atomic mass is 19.1. The Morgan fingerprint density at radius 3 is 2.15 bits per heavy atom. The van der Waals surface area contributed by atoms with Crippen LogP contribution in [-0.2, 0) is 11.3 Å². The molecule has 0 unspecified atom stereocenters. The number of nitrogens with zero attached hydrogens (tertiary/aromatic N) is 3. The fraction of sp³-hybridized carbons (Fsp3) is 0.459. The number of hydrogen-bond acceptors (Lipinski definition) is 6. The van der Waals surface area contributed by atoms with Gasteiger partial charge in [-0.1, -0.05) is 12.1 Å². The number of anilines is 1. The molecule has 5 rings (SSSR count). The third-order valence-electron chi connectivity index (χ3n) is 8.73. The summed E-state index contributed by atoms with van der Waals surface area (Å²) in [6.07, 6.45) is 1.98. The zero-order valence-electron chi connectivity index (χ0n) is 28.3. The van der Waals surface area contributed by atoms with E-state index in [4.69, 9.17) is 14.2 Å². The van der Waals surface area contributed by atoms with Gasteiger partial charge in [0.1, 0.15) is 22.9 Å². The summed E-state index contributed by atoms with van der Waals surface area (Å²) >= 11 is 0. The van der Waals surface area contributed by atoms with Gasteiger partial charge in [-0.15, -0.1) is 0 Å². The first-order chi connectivity index (χ1) is 22.5. The fourth-order valence-corrected chi connectivity index (χ4v) is 6.28. The minimum Gasteiger partial charge on any atom is -0.493 e. The molecule has 2 amide bonds. The van der Waals surface area contributed by atoms with Gasteiger partial charge in [0.25, 0.3) is 5.91 Å². The Bertz CT molecular complexity index is 1500. The second kappa shape index (κ2) is 14.7. The zero-order chi connectivity index (χ0) is 33.6. The molecule has 0 bridgehead atoms. The molecule has 0 saturated carbocycles. The van der Waals surface area contributed by atoms with Gasteiger partial charge >= 0.3 is 6.09 Å². The zero-order valence-corrected chi connectivity index (χ0v) is 28.3. The van der Waals surface area contributed by atoms with Crippen LogP contribution in [0.15, 0.2) is 60.7 Å². The summed E-state index contributed by atoms with van der Waals surface area (Å²) in [5.41, 5.74) is 3.46. The van der Waals surface area contributed by atoms with Crippen LogP contribution in [0.25, 0.3) is 11.1 Å². The molecule has 3 aromatic carbocycles. The molecule has 252 valence electrons. The lowest BCUT2D eigenvalue weighted by Crippen LogP contribution is -2.46. The lowest BCUT2D eigenvalue weighted by molar-refractivity contribution is -0.870. The van der Waals surface area contributed by atoms with E-state index in [0.717, 1.165) is 52.9 Å². The topological polar surface area (TPSA) is 80.3 Å². The third-order valence-corrected chi connectivity index (χ3v) is 8.73. The summed E-state index contributed by atoms with van der Waals surface area (Å²) in [6, 6.07) is 17.6. The number of ether oxygens (including phenoxy) is 3. The van der Waals surface area contributed by atoms with Crippen LogP contribution in [0.4, 0.5) is 14.9 Å². The number of nitrogens with one attached hydrogen (secondary N) is 1. The summed E-state index contributed by atoms with van der Waals surface area (Å²) in [7, 11) is 6.40. The van der Waals surface area contributed by atoms with Crippen molar-refractivity contribution in [3.63, 3.8) is 0 Å². The van der Waals surface area contributed by atoms with Gasteiger partial charge in [-0.3, -0.25) is 14.6 Å². The maximum absolute atomic E-state index is 13.7. The first-order valence-corrected chi connectivity index (χ1v) is 16.6. The molecule has 10 heteroatoms. The van der Waals surface area contributed by atoms with Crippen molar-refractivity contribution in [2.45, 2.75) is 45.3 Å². The van der Waals surface area contributed by atoms with Gasteiger partial charge in [0, 0.05) is 56.7 Å². The van der Waals surface area contributed by atoms with E-state index in [1.807, 2.05) is 38.1 Å². The Hall–Kier alpha value is -4.15. The normalized spacial score (nSPS) is 16.3. The molecule has 9 nitrogen and oxygen atoms in total. The maximum atomic E-state index is 13.7. The van der Waals surface area contributed by atoms with Crippen LogP contribution in [0.1, 0.15) is 49.0 Å². The lowest BCUT2D eigenvalue weighted by Gasteiger charge is -2.37. The minimum atomic E-state index is -0.547. The Labute approximate surface area is 277 Å². The molecule has 0 aromatic heterocycles. The van der Waals surface area contributed by atoms with E-state index < -0.39 is 5.60 Å². The van der Waals surface area contributed by atoms with Crippen molar-refractivity contribution in [1.29, 1.82) is 0 Å². The van der Waals surface area contributed by atoms with Gasteiger partial charge in [-0.05, 0) is 73.5 Å². The minimum absolute atomic E-state index is 0.113. The van der Waals surface area contributed by atoms with Crippen LogP contribution >= 0.6 is 0 Å². The Morgan fingerprint density at radius 1 is 0.957 bits per heavy atom. The predicted octanol–water partition coefficient (Wildman–Crippen LogP) is 6.11. The molecule has 0 aliphatic carbocycles. The summed E-state index contributed by atoms with van der Waals surface area (Å²) in [6.45, 7) is 9.17. The number of amides is 2. The number of rotatable bonds is 13. The van der Waals surface area contributed by atoms with E-state index in [1.54, 1.807) is 29.2 Å². The number of quaternary nitrogens is 1. The van der Waals surface area contributed by atoms with Gasteiger partial charge in [-0.25, -0.2) is 9.18 Å². The molecule has 2 saturated heterocycles. The molecular weight excluding hydrogens is 599 g/mol. The van der Waals surface area contributed by atoms with Crippen molar-refractivity contribution in [3.8, 4) is 22.6 Å². The highest BCUT2D eigenvalue weighted by molar-refractivity contribution is 5.95. The van der Waals surface area contributed by atoms with Crippen LogP contribution in [-0.4, -0.2) is 94.1 Å². The smallest absolute Gasteiger partial charge is 0.415 e. The average Bonchev–Trinajstić information content (AvgIpc) is 3.36. The summed E-state index contributed by atoms with van der Waals surface area (Å²) in [5, 5.41) is 2.98. The van der Waals surface area contributed by atoms with Crippen LogP contribution in [0, 0.1) is 5.82 Å². The van der Waals surface area contributed by atoms with E-state index in [-0.39, 0.29) is 17.8 Å². The molecule has 2 fully saturated rings. The van der Waals surface area contributed by atoms with E-state index in [1.165, 1.54) is 12.1 Å². The number of benzene rings is 3. The van der Waals surface area contributed by atoms with Crippen LogP contribution in [0.2, 0.25) is 0 Å². The number of carbonyl (C=O) groups is 2. The van der Waals surface area contributed by atoms with Crippen molar-refractivity contribution in [2.24, 2.45) is 0 Å². The highest BCUT2D eigenvalue weighted by Crippen LogP contribution is 2.41. The summed E-state index contributed by atoms with van der Waals surface area (Å²) in [5.74, 6) is 1.01. The lowest BCUT2D eigenvalue weighted by atomic mass is 9.91.